The summed E-state index contributed by atoms with van der Waals surface area (Å²) in [5, 5.41) is 6.94. The summed E-state index contributed by atoms with van der Waals surface area (Å²) in [6, 6.07) is 8.61. The van der Waals surface area contributed by atoms with Crippen LogP contribution in [-0.2, 0) is 0 Å². The van der Waals surface area contributed by atoms with Crippen LogP contribution in [0.2, 0.25) is 0 Å². The molecule has 23 heavy (non-hydrogen) atoms. The van der Waals surface area contributed by atoms with E-state index in [0.717, 1.165) is 5.69 Å². The molecule has 0 aliphatic rings. The lowest BCUT2D eigenvalue weighted by atomic mass is 10.2. The Morgan fingerprint density at radius 2 is 2.00 bits per heavy atom. The molecule has 3 aromatic rings. The van der Waals surface area contributed by atoms with Crippen LogP contribution in [0.1, 0.15) is 16.2 Å². The van der Waals surface area contributed by atoms with Crippen LogP contribution >= 0.6 is 0 Å². The number of nitrogens with one attached hydrogen (secondary N) is 1. The van der Waals surface area contributed by atoms with E-state index in [0.29, 0.717) is 28.5 Å². The number of benzene rings is 1. The average Bonchev–Trinajstić information content (AvgIpc) is 3.04. The molecule has 0 spiro atoms. The predicted molar refractivity (Wildman–Crippen MR) is 85.2 cm³/mol. The van der Waals surface area contributed by atoms with Crippen molar-refractivity contribution < 1.29 is 14.3 Å². The molecule has 2 heterocycles. The van der Waals surface area contributed by atoms with Crippen molar-refractivity contribution in [2.24, 2.45) is 0 Å². The lowest BCUT2D eigenvalue weighted by Gasteiger charge is -2.11. The molecule has 0 aliphatic carbocycles. The molecule has 1 amide bonds. The van der Waals surface area contributed by atoms with Crippen molar-refractivity contribution in [1.29, 1.82) is 0 Å². The SMILES string of the molecule is COc1ccc(NC(=O)c2cc(C)n3nccc3n2)c(OC)c1. The molecule has 1 aromatic carbocycles. The highest BCUT2D eigenvalue weighted by Crippen LogP contribution is 2.29. The number of hydrogen-bond acceptors (Lipinski definition) is 5. The Kier molecular flexibility index (Phi) is 3.84. The highest BCUT2D eigenvalue weighted by atomic mass is 16.5. The Balaban J connectivity index is 1.91. The molecule has 0 radical (unpaired) electrons. The predicted octanol–water partition coefficient (Wildman–Crippen LogP) is 2.31. The Morgan fingerprint density at radius 1 is 1.17 bits per heavy atom. The first-order chi connectivity index (χ1) is 11.1. The zero-order valence-electron chi connectivity index (χ0n) is 13.0. The molecule has 7 nitrogen and oxygen atoms in total. The molecule has 7 heteroatoms. The van der Waals surface area contributed by atoms with Gasteiger partial charge in [-0.05, 0) is 25.1 Å². The van der Waals surface area contributed by atoms with Crippen LogP contribution in [0.25, 0.3) is 5.65 Å². The van der Waals surface area contributed by atoms with E-state index in [1.807, 2.05) is 6.92 Å². The quantitative estimate of drug-likeness (QED) is 0.800. The Morgan fingerprint density at radius 3 is 2.74 bits per heavy atom. The number of hydrogen-bond donors (Lipinski definition) is 1. The van der Waals surface area contributed by atoms with Crippen LogP contribution in [0, 0.1) is 6.92 Å². The molecule has 0 aliphatic heterocycles. The number of rotatable bonds is 4. The largest absolute Gasteiger partial charge is 0.497 e. The monoisotopic (exact) mass is 312 g/mol. The molecular formula is C16H16N4O3. The van der Waals surface area contributed by atoms with Gasteiger partial charge >= 0.3 is 0 Å². The smallest absolute Gasteiger partial charge is 0.274 e. The molecule has 0 fully saturated rings. The van der Waals surface area contributed by atoms with Crippen LogP contribution < -0.4 is 14.8 Å². The van der Waals surface area contributed by atoms with Crippen molar-refractivity contribution in [3.05, 3.63) is 47.9 Å². The maximum Gasteiger partial charge on any atom is 0.274 e. The van der Waals surface area contributed by atoms with Crippen LogP contribution in [-0.4, -0.2) is 34.7 Å². The molecular weight excluding hydrogens is 296 g/mol. The summed E-state index contributed by atoms with van der Waals surface area (Å²) in [6.07, 6.45) is 1.64. The van der Waals surface area contributed by atoms with Gasteiger partial charge in [0.05, 0.1) is 26.1 Å². The van der Waals surface area contributed by atoms with Gasteiger partial charge < -0.3 is 14.8 Å². The van der Waals surface area contributed by atoms with E-state index >= 15 is 0 Å². The lowest BCUT2D eigenvalue weighted by molar-refractivity contribution is 0.102. The van der Waals surface area contributed by atoms with Crippen molar-refractivity contribution >= 4 is 17.2 Å². The van der Waals surface area contributed by atoms with Gasteiger partial charge in [-0.1, -0.05) is 0 Å². The van der Waals surface area contributed by atoms with Crippen LogP contribution in [0.3, 0.4) is 0 Å². The number of anilines is 1. The number of aryl methyl sites for hydroxylation is 1. The van der Waals surface area contributed by atoms with Crippen molar-refractivity contribution in [2.75, 3.05) is 19.5 Å². The van der Waals surface area contributed by atoms with Gasteiger partial charge in [-0.3, -0.25) is 4.79 Å². The molecule has 118 valence electrons. The third-order valence-corrected chi connectivity index (χ3v) is 3.43. The number of carbonyl (C=O) groups excluding carboxylic acids is 1. The zero-order valence-corrected chi connectivity index (χ0v) is 13.0. The third kappa shape index (κ3) is 2.80. The normalized spacial score (nSPS) is 10.6. The maximum atomic E-state index is 12.5. The second-order valence-electron chi connectivity index (χ2n) is 4.90. The van der Waals surface area contributed by atoms with E-state index in [-0.39, 0.29) is 5.91 Å². The van der Waals surface area contributed by atoms with E-state index < -0.39 is 0 Å². The van der Waals surface area contributed by atoms with Crippen molar-refractivity contribution in [1.82, 2.24) is 14.6 Å². The highest BCUT2D eigenvalue weighted by Gasteiger charge is 2.14. The second-order valence-corrected chi connectivity index (χ2v) is 4.90. The minimum absolute atomic E-state index is 0.313. The first-order valence-corrected chi connectivity index (χ1v) is 6.97. The van der Waals surface area contributed by atoms with E-state index in [4.69, 9.17) is 9.47 Å². The summed E-state index contributed by atoms with van der Waals surface area (Å²) in [6.45, 7) is 1.87. The molecule has 3 rings (SSSR count). The minimum Gasteiger partial charge on any atom is -0.497 e. The minimum atomic E-state index is -0.319. The first-order valence-electron chi connectivity index (χ1n) is 6.97. The molecule has 0 atom stereocenters. The fraction of sp³-hybridized carbons (Fsp3) is 0.188. The van der Waals surface area contributed by atoms with Gasteiger partial charge in [0.2, 0.25) is 0 Å². The Hall–Kier alpha value is -3.09. The number of methoxy groups -OCH3 is 2. The fourth-order valence-electron chi connectivity index (χ4n) is 2.27. The molecule has 1 N–H and O–H groups in total. The van der Waals surface area contributed by atoms with E-state index in [2.05, 4.69) is 15.4 Å². The third-order valence-electron chi connectivity index (χ3n) is 3.43. The van der Waals surface area contributed by atoms with E-state index in [1.165, 1.54) is 7.11 Å². The fourth-order valence-corrected chi connectivity index (χ4v) is 2.27. The van der Waals surface area contributed by atoms with Gasteiger partial charge in [-0.15, -0.1) is 0 Å². The number of aromatic nitrogens is 3. The van der Waals surface area contributed by atoms with E-state index in [1.54, 1.807) is 48.2 Å². The average molecular weight is 312 g/mol. The maximum absolute atomic E-state index is 12.5. The summed E-state index contributed by atoms with van der Waals surface area (Å²) in [7, 11) is 3.10. The number of amides is 1. The van der Waals surface area contributed by atoms with Gasteiger partial charge in [-0.25, -0.2) is 9.50 Å². The van der Waals surface area contributed by atoms with E-state index in [9.17, 15) is 4.79 Å². The number of carbonyl (C=O) groups is 1. The Bertz CT molecular complexity index is 873. The summed E-state index contributed by atoms with van der Waals surface area (Å²) in [5.74, 6) is 0.842. The highest BCUT2D eigenvalue weighted by molar-refractivity contribution is 6.04. The molecule has 0 bridgehead atoms. The lowest BCUT2D eigenvalue weighted by Crippen LogP contribution is -2.15. The Labute approximate surface area is 132 Å². The van der Waals surface area contributed by atoms with Crippen LogP contribution in [0.5, 0.6) is 11.5 Å². The number of nitrogens with zero attached hydrogens (tertiary/aromatic N) is 3. The summed E-state index contributed by atoms with van der Waals surface area (Å²) in [5.41, 5.74) is 2.31. The number of fused-ring (bicyclic) bond motifs is 1. The summed E-state index contributed by atoms with van der Waals surface area (Å²) in [4.78, 5) is 16.8. The van der Waals surface area contributed by atoms with Crippen molar-refractivity contribution in [3.63, 3.8) is 0 Å². The van der Waals surface area contributed by atoms with Gasteiger partial charge in [0.15, 0.2) is 5.65 Å². The van der Waals surface area contributed by atoms with Gasteiger partial charge in [0, 0.05) is 17.8 Å². The van der Waals surface area contributed by atoms with Crippen molar-refractivity contribution in [3.8, 4) is 11.5 Å². The van der Waals surface area contributed by atoms with Crippen molar-refractivity contribution in [2.45, 2.75) is 6.92 Å². The summed E-state index contributed by atoms with van der Waals surface area (Å²) < 4.78 is 12.1. The first kappa shape index (κ1) is 14.8. The van der Waals surface area contributed by atoms with Gasteiger partial charge in [-0.2, -0.15) is 5.10 Å². The van der Waals surface area contributed by atoms with Crippen LogP contribution in [0.4, 0.5) is 5.69 Å². The topological polar surface area (TPSA) is 77.8 Å². The summed E-state index contributed by atoms with van der Waals surface area (Å²) >= 11 is 0. The van der Waals surface area contributed by atoms with Crippen LogP contribution in [0.15, 0.2) is 36.5 Å². The molecule has 0 saturated heterocycles. The standard InChI is InChI=1S/C16H16N4O3/c1-10-8-13(18-15-6-7-17-20(10)15)16(21)19-12-5-4-11(22-2)9-14(12)23-3/h4-9H,1-3H3,(H,19,21). The molecule has 2 aromatic heterocycles. The van der Waals surface area contributed by atoms with Gasteiger partial charge in [0.1, 0.15) is 17.2 Å². The zero-order chi connectivity index (χ0) is 16.4. The number of ether oxygens (including phenoxy) is 2. The second kappa shape index (κ2) is 5.96. The molecule has 0 unspecified atom stereocenters. The molecule has 0 saturated carbocycles. The van der Waals surface area contributed by atoms with Gasteiger partial charge in [0.25, 0.3) is 5.91 Å².